The van der Waals surface area contributed by atoms with Crippen molar-refractivity contribution in [3.8, 4) is 0 Å². The molecular weight excluding hydrogens is 267 g/mol. The van der Waals surface area contributed by atoms with Crippen LogP contribution in [0.1, 0.15) is 53.5 Å². The van der Waals surface area contributed by atoms with Gasteiger partial charge in [0.1, 0.15) is 4.88 Å². The predicted molar refractivity (Wildman–Crippen MR) is 61.9 cm³/mol. The molecule has 1 heterocycles. The SMILES string of the molecule is CC(C)CC(C)c1nc(C(F)(F)F)c(C(=O)O)s1. The van der Waals surface area contributed by atoms with E-state index in [9.17, 15) is 18.0 Å². The van der Waals surface area contributed by atoms with Crippen LogP contribution in [0.2, 0.25) is 0 Å². The van der Waals surface area contributed by atoms with Crippen LogP contribution in [0.4, 0.5) is 13.2 Å². The zero-order chi connectivity index (χ0) is 14.1. The summed E-state index contributed by atoms with van der Waals surface area (Å²) < 4.78 is 37.9. The fourth-order valence-electron chi connectivity index (χ4n) is 1.69. The number of alkyl halides is 3. The van der Waals surface area contributed by atoms with Crippen LogP contribution in [0.15, 0.2) is 0 Å². The number of hydrogen-bond donors (Lipinski definition) is 1. The molecule has 18 heavy (non-hydrogen) atoms. The van der Waals surface area contributed by atoms with Crippen molar-refractivity contribution in [2.45, 2.75) is 39.3 Å². The van der Waals surface area contributed by atoms with Gasteiger partial charge >= 0.3 is 12.1 Å². The molecular formula is C11H14F3NO2S. The Morgan fingerprint density at radius 2 is 1.94 bits per heavy atom. The van der Waals surface area contributed by atoms with Crippen LogP contribution in [0, 0.1) is 5.92 Å². The van der Waals surface area contributed by atoms with Crippen molar-refractivity contribution in [1.82, 2.24) is 4.98 Å². The van der Waals surface area contributed by atoms with Gasteiger partial charge in [-0.3, -0.25) is 0 Å². The molecule has 0 aromatic carbocycles. The second kappa shape index (κ2) is 5.26. The summed E-state index contributed by atoms with van der Waals surface area (Å²) in [6, 6.07) is 0. The number of aromatic nitrogens is 1. The Morgan fingerprint density at radius 1 is 1.39 bits per heavy atom. The molecule has 0 aliphatic rings. The lowest BCUT2D eigenvalue weighted by Crippen LogP contribution is -2.11. The smallest absolute Gasteiger partial charge is 0.435 e. The topological polar surface area (TPSA) is 50.2 Å². The van der Waals surface area contributed by atoms with Crippen molar-refractivity contribution in [2.75, 3.05) is 0 Å². The number of carboxylic acid groups (broad SMARTS) is 1. The number of halogens is 3. The standard InChI is InChI=1S/C11H14F3NO2S/c1-5(2)4-6(3)9-15-8(11(12,13)14)7(18-9)10(16)17/h5-6H,4H2,1-3H3,(H,16,17). The van der Waals surface area contributed by atoms with E-state index in [1.807, 2.05) is 13.8 Å². The van der Waals surface area contributed by atoms with Gasteiger partial charge in [0.15, 0.2) is 5.69 Å². The van der Waals surface area contributed by atoms with Gasteiger partial charge in [0.2, 0.25) is 0 Å². The highest BCUT2D eigenvalue weighted by atomic mass is 32.1. The molecule has 3 nitrogen and oxygen atoms in total. The first-order chi connectivity index (χ1) is 8.12. The highest BCUT2D eigenvalue weighted by Crippen LogP contribution is 2.37. The van der Waals surface area contributed by atoms with Crippen molar-refractivity contribution in [2.24, 2.45) is 5.92 Å². The Labute approximate surface area is 107 Å². The fourth-order valence-corrected chi connectivity index (χ4v) is 2.68. The molecule has 102 valence electrons. The van der Waals surface area contributed by atoms with Crippen molar-refractivity contribution in [1.29, 1.82) is 0 Å². The summed E-state index contributed by atoms with van der Waals surface area (Å²) in [6.45, 7) is 5.66. The second-order valence-corrected chi connectivity index (χ2v) is 5.59. The molecule has 0 saturated heterocycles. The molecule has 1 aromatic rings. The molecule has 1 atom stereocenters. The van der Waals surface area contributed by atoms with Gasteiger partial charge < -0.3 is 5.11 Å². The maximum atomic E-state index is 12.6. The van der Waals surface area contributed by atoms with Gasteiger partial charge in [0, 0.05) is 5.92 Å². The Bertz CT molecular complexity index is 440. The molecule has 1 rings (SSSR count). The zero-order valence-electron chi connectivity index (χ0n) is 10.2. The molecule has 1 aromatic heterocycles. The first-order valence-electron chi connectivity index (χ1n) is 5.44. The Kier molecular flexibility index (Phi) is 4.37. The average molecular weight is 281 g/mol. The quantitative estimate of drug-likeness (QED) is 0.907. The van der Waals surface area contributed by atoms with Crippen molar-refractivity contribution in [3.63, 3.8) is 0 Å². The number of nitrogens with zero attached hydrogens (tertiary/aromatic N) is 1. The van der Waals surface area contributed by atoms with Crippen LogP contribution in [0.25, 0.3) is 0 Å². The minimum atomic E-state index is -4.72. The van der Waals surface area contributed by atoms with Crippen molar-refractivity contribution in [3.05, 3.63) is 15.6 Å². The number of carbonyl (C=O) groups is 1. The van der Waals surface area contributed by atoms with Gasteiger partial charge in [0.05, 0.1) is 5.01 Å². The molecule has 1 N–H and O–H groups in total. The molecule has 0 aliphatic carbocycles. The van der Waals surface area contributed by atoms with Crippen LogP contribution >= 0.6 is 11.3 Å². The number of hydrogen-bond acceptors (Lipinski definition) is 3. The number of thiazole rings is 1. The van der Waals surface area contributed by atoms with Crippen LogP contribution in [-0.2, 0) is 6.18 Å². The third-order valence-corrected chi connectivity index (χ3v) is 3.63. The Hall–Kier alpha value is -1.11. The van der Waals surface area contributed by atoms with Gasteiger partial charge in [-0.2, -0.15) is 13.2 Å². The molecule has 0 bridgehead atoms. The predicted octanol–water partition coefficient (Wildman–Crippen LogP) is 4.01. The minimum absolute atomic E-state index is 0.177. The van der Waals surface area contributed by atoms with Gasteiger partial charge in [-0.05, 0) is 12.3 Å². The maximum absolute atomic E-state index is 12.6. The maximum Gasteiger partial charge on any atom is 0.435 e. The van der Waals surface area contributed by atoms with Gasteiger partial charge in [0.25, 0.3) is 0 Å². The third-order valence-electron chi connectivity index (χ3n) is 2.35. The summed E-state index contributed by atoms with van der Waals surface area (Å²) in [5.74, 6) is -1.45. The Morgan fingerprint density at radius 3 is 2.28 bits per heavy atom. The number of carboxylic acids is 1. The first kappa shape index (κ1) is 14.9. The summed E-state index contributed by atoms with van der Waals surface area (Å²) in [5.41, 5.74) is -1.29. The fraction of sp³-hybridized carbons (Fsp3) is 0.636. The highest BCUT2D eigenvalue weighted by Gasteiger charge is 2.40. The largest absolute Gasteiger partial charge is 0.477 e. The molecule has 0 saturated carbocycles. The summed E-state index contributed by atoms with van der Waals surface area (Å²) in [4.78, 5) is 13.5. The van der Waals surface area contributed by atoms with E-state index in [2.05, 4.69) is 4.98 Å². The molecule has 7 heteroatoms. The van der Waals surface area contributed by atoms with Gasteiger partial charge in [-0.1, -0.05) is 20.8 Å². The third kappa shape index (κ3) is 3.44. The van der Waals surface area contributed by atoms with Crippen molar-refractivity contribution < 1.29 is 23.1 Å². The summed E-state index contributed by atoms with van der Waals surface area (Å²) >= 11 is 0.614. The molecule has 0 fully saturated rings. The van der Waals surface area contributed by atoms with E-state index in [-0.39, 0.29) is 10.9 Å². The first-order valence-corrected chi connectivity index (χ1v) is 6.25. The van der Waals surface area contributed by atoms with Crippen LogP contribution in [0.5, 0.6) is 0 Å². The van der Waals surface area contributed by atoms with Crippen molar-refractivity contribution >= 4 is 17.3 Å². The lowest BCUT2D eigenvalue weighted by atomic mass is 10.00. The molecule has 0 radical (unpaired) electrons. The Balaban J connectivity index is 3.14. The lowest BCUT2D eigenvalue weighted by Gasteiger charge is -2.10. The molecule has 0 aliphatic heterocycles. The monoisotopic (exact) mass is 281 g/mol. The van der Waals surface area contributed by atoms with E-state index in [4.69, 9.17) is 5.11 Å². The summed E-state index contributed by atoms with van der Waals surface area (Å²) in [6.07, 6.45) is -4.05. The van der Waals surface area contributed by atoms with E-state index in [1.165, 1.54) is 0 Å². The van der Waals surface area contributed by atoms with Gasteiger partial charge in [-0.15, -0.1) is 11.3 Å². The second-order valence-electron chi connectivity index (χ2n) is 4.56. The van der Waals surface area contributed by atoms with E-state index in [0.717, 1.165) is 0 Å². The molecule has 0 amide bonds. The highest BCUT2D eigenvalue weighted by molar-refractivity contribution is 7.13. The normalized spacial score (nSPS) is 13.9. The number of rotatable bonds is 4. The van der Waals surface area contributed by atoms with E-state index < -0.39 is 22.7 Å². The van der Waals surface area contributed by atoms with Crippen LogP contribution in [0.3, 0.4) is 0 Å². The molecule has 0 spiro atoms. The average Bonchev–Trinajstić information content (AvgIpc) is 2.59. The van der Waals surface area contributed by atoms with Crippen LogP contribution < -0.4 is 0 Å². The zero-order valence-corrected chi connectivity index (χ0v) is 11.0. The summed E-state index contributed by atoms with van der Waals surface area (Å²) in [5, 5.41) is 9.01. The number of aromatic carboxylic acids is 1. The lowest BCUT2D eigenvalue weighted by molar-refractivity contribution is -0.141. The van der Waals surface area contributed by atoms with Gasteiger partial charge in [-0.25, -0.2) is 9.78 Å². The minimum Gasteiger partial charge on any atom is -0.477 e. The van der Waals surface area contributed by atoms with Crippen LogP contribution in [-0.4, -0.2) is 16.1 Å². The molecule has 1 unspecified atom stereocenters. The summed E-state index contributed by atoms with van der Waals surface area (Å²) in [7, 11) is 0. The van der Waals surface area contributed by atoms with E-state index in [1.54, 1.807) is 6.92 Å². The van der Waals surface area contributed by atoms with E-state index >= 15 is 0 Å². The van der Waals surface area contributed by atoms with E-state index in [0.29, 0.717) is 23.7 Å².